The van der Waals surface area contributed by atoms with Crippen LogP contribution in [0.15, 0.2) is 12.2 Å². The lowest BCUT2D eigenvalue weighted by molar-refractivity contribution is -0.136. The van der Waals surface area contributed by atoms with Gasteiger partial charge in [-0.05, 0) is 6.42 Å². The van der Waals surface area contributed by atoms with Crippen molar-refractivity contribution < 1.29 is 9.59 Å². The quantitative estimate of drug-likeness (QED) is 0.348. The molecule has 13 heavy (non-hydrogen) atoms. The van der Waals surface area contributed by atoms with Crippen LogP contribution in [0, 0.1) is 5.92 Å². The fourth-order valence-electron chi connectivity index (χ4n) is 2.16. The average Bonchev–Trinajstić information content (AvgIpc) is 2.61. The summed E-state index contributed by atoms with van der Waals surface area (Å²) in [6.07, 6.45) is 4.48. The Labute approximate surface area is 75.1 Å². The Hall–Kier alpha value is -1.36. The van der Waals surface area contributed by atoms with Crippen molar-refractivity contribution >= 4 is 11.8 Å². The molecule has 0 saturated carbocycles. The van der Waals surface area contributed by atoms with Crippen LogP contribution in [0.2, 0.25) is 0 Å². The molecule has 0 aromatic rings. The molecule has 1 saturated heterocycles. The molecule has 0 aromatic carbocycles. The van der Waals surface area contributed by atoms with Crippen molar-refractivity contribution in [2.24, 2.45) is 17.4 Å². The average molecular weight is 181 g/mol. The van der Waals surface area contributed by atoms with E-state index in [1.54, 1.807) is 0 Å². The van der Waals surface area contributed by atoms with Crippen LogP contribution in [0.4, 0.5) is 0 Å². The van der Waals surface area contributed by atoms with Gasteiger partial charge in [-0.1, -0.05) is 12.2 Å². The molecule has 1 fully saturated rings. The lowest BCUT2D eigenvalue weighted by Crippen LogP contribution is -2.65. The molecule has 1 aliphatic carbocycles. The zero-order valence-corrected chi connectivity index (χ0v) is 6.99. The van der Waals surface area contributed by atoms with Crippen molar-refractivity contribution in [1.82, 2.24) is 5.32 Å². The van der Waals surface area contributed by atoms with Gasteiger partial charge in [0.2, 0.25) is 11.8 Å². The number of hydrogen-bond donors (Lipinski definition) is 3. The Morgan fingerprint density at radius 3 is 2.15 bits per heavy atom. The first-order chi connectivity index (χ1) is 6.07. The molecule has 1 heterocycles. The third kappa shape index (κ3) is 0.846. The Bertz CT molecular complexity index is 297. The molecule has 2 atom stereocenters. The van der Waals surface area contributed by atoms with E-state index in [9.17, 15) is 9.59 Å². The molecule has 1 aliphatic heterocycles. The number of carbonyl (C=O) groups is 2. The number of fused-ring (bicyclic) bond motifs is 2. The van der Waals surface area contributed by atoms with Crippen LogP contribution in [-0.2, 0) is 9.59 Å². The first-order valence-corrected chi connectivity index (χ1v) is 4.13. The second-order valence-corrected chi connectivity index (χ2v) is 3.51. The topological polar surface area (TPSA) is 98.2 Å². The maximum atomic E-state index is 11.2. The molecule has 2 rings (SSSR count). The number of hydrogen-bond acceptors (Lipinski definition) is 3. The lowest BCUT2D eigenvalue weighted by Gasteiger charge is -2.29. The fraction of sp³-hybridized carbons (Fsp3) is 0.500. The second-order valence-electron chi connectivity index (χ2n) is 3.51. The summed E-state index contributed by atoms with van der Waals surface area (Å²) in [4.78, 5) is 22.4. The van der Waals surface area contributed by atoms with E-state index in [1.807, 2.05) is 12.2 Å². The molecule has 0 spiro atoms. The Balaban J connectivity index is 2.42. The third-order valence-electron chi connectivity index (χ3n) is 2.83. The predicted molar refractivity (Wildman–Crippen MR) is 45.3 cm³/mol. The van der Waals surface area contributed by atoms with E-state index in [2.05, 4.69) is 5.32 Å². The summed E-state index contributed by atoms with van der Waals surface area (Å²) in [6, 6.07) is 0.0602. The van der Waals surface area contributed by atoms with Gasteiger partial charge in [-0.3, -0.25) is 14.9 Å². The van der Waals surface area contributed by atoms with Gasteiger partial charge >= 0.3 is 0 Å². The van der Waals surface area contributed by atoms with E-state index in [1.165, 1.54) is 0 Å². The summed E-state index contributed by atoms with van der Waals surface area (Å²) < 4.78 is 0. The highest BCUT2D eigenvalue weighted by atomic mass is 16.2. The highest BCUT2D eigenvalue weighted by Gasteiger charge is 2.56. The van der Waals surface area contributed by atoms with E-state index < -0.39 is 17.4 Å². The van der Waals surface area contributed by atoms with Crippen molar-refractivity contribution in [2.75, 3.05) is 0 Å². The van der Waals surface area contributed by atoms with Gasteiger partial charge in [0, 0.05) is 12.0 Å². The number of nitrogens with one attached hydrogen (secondary N) is 1. The molecule has 0 radical (unpaired) electrons. The van der Waals surface area contributed by atoms with Gasteiger partial charge in [0.1, 0.15) is 0 Å². The molecule has 5 heteroatoms. The summed E-state index contributed by atoms with van der Waals surface area (Å²) in [7, 11) is 0. The molecular formula is C8H11N3O2. The highest BCUT2D eigenvalue weighted by Crippen LogP contribution is 2.36. The van der Waals surface area contributed by atoms with Crippen molar-refractivity contribution in [3.63, 3.8) is 0 Å². The molecule has 2 bridgehead atoms. The number of amides is 2. The number of carbonyl (C=O) groups excluding carboxylic acids is 2. The molecular weight excluding hydrogens is 170 g/mol. The monoisotopic (exact) mass is 181 g/mol. The van der Waals surface area contributed by atoms with Crippen molar-refractivity contribution in [3.8, 4) is 0 Å². The van der Waals surface area contributed by atoms with Crippen LogP contribution < -0.4 is 16.8 Å². The SMILES string of the molecule is NC(=O)C1(C(N)=O)N[C@@H]2C=C[C@H]1C2. The minimum absolute atomic E-state index is 0.0602. The third-order valence-corrected chi connectivity index (χ3v) is 2.83. The van der Waals surface area contributed by atoms with Gasteiger partial charge < -0.3 is 11.5 Å². The summed E-state index contributed by atoms with van der Waals surface area (Å²) in [6.45, 7) is 0. The summed E-state index contributed by atoms with van der Waals surface area (Å²) in [5.74, 6) is -1.54. The molecule has 2 aliphatic rings. The van der Waals surface area contributed by atoms with Gasteiger partial charge in [0.25, 0.3) is 0 Å². The Kier molecular flexibility index (Phi) is 1.47. The largest absolute Gasteiger partial charge is 0.368 e. The number of rotatable bonds is 2. The number of nitrogens with two attached hydrogens (primary N) is 2. The van der Waals surface area contributed by atoms with Crippen LogP contribution in [0.25, 0.3) is 0 Å². The first kappa shape index (κ1) is 8.25. The fourth-order valence-corrected chi connectivity index (χ4v) is 2.16. The maximum absolute atomic E-state index is 11.2. The summed E-state index contributed by atoms with van der Waals surface area (Å²) in [5.41, 5.74) is 9.02. The van der Waals surface area contributed by atoms with Crippen molar-refractivity contribution in [3.05, 3.63) is 12.2 Å². The summed E-state index contributed by atoms with van der Waals surface area (Å²) in [5, 5.41) is 2.87. The van der Waals surface area contributed by atoms with Gasteiger partial charge in [0.05, 0.1) is 0 Å². The van der Waals surface area contributed by atoms with Crippen molar-refractivity contribution in [1.29, 1.82) is 0 Å². The summed E-state index contributed by atoms with van der Waals surface area (Å²) >= 11 is 0. The van der Waals surface area contributed by atoms with Gasteiger partial charge in [-0.15, -0.1) is 0 Å². The van der Waals surface area contributed by atoms with Gasteiger partial charge in [0.15, 0.2) is 5.54 Å². The minimum Gasteiger partial charge on any atom is -0.368 e. The first-order valence-electron chi connectivity index (χ1n) is 4.13. The predicted octanol–water partition coefficient (Wildman–Crippen LogP) is -1.76. The van der Waals surface area contributed by atoms with Crippen LogP contribution in [0.3, 0.4) is 0 Å². The van der Waals surface area contributed by atoms with Crippen LogP contribution in [0.1, 0.15) is 6.42 Å². The van der Waals surface area contributed by atoms with E-state index in [4.69, 9.17) is 11.5 Å². The van der Waals surface area contributed by atoms with Crippen LogP contribution in [0.5, 0.6) is 0 Å². The van der Waals surface area contributed by atoms with Gasteiger partial charge in [-0.25, -0.2) is 0 Å². The second kappa shape index (κ2) is 2.32. The van der Waals surface area contributed by atoms with Gasteiger partial charge in [-0.2, -0.15) is 0 Å². The van der Waals surface area contributed by atoms with E-state index in [-0.39, 0.29) is 12.0 Å². The maximum Gasteiger partial charge on any atom is 0.248 e. The molecule has 5 nitrogen and oxygen atoms in total. The molecule has 2 amide bonds. The molecule has 5 N–H and O–H groups in total. The van der Waals surface area contributed by atoms with E-state index >= 15 is 0 Å². The standard InChI is InChI=1S/C8H11N3O2/c9-6(12)8(7(10)13)4-1-2-5(3-4)11-8/h1-2,4-5,11H,3H2,(H2,9,12)(H2,10,13)/t4-,5+/m0/s1. The zero-order chi connectivity index (χ0) is 9.64. The van der Waals surface area contributed by atoms with Crippen molar-refractivity contribution in [2.45, 2.75) is 18.0 Å². The number of primary amides is 2. The minimum atomic E-state index is -1.35. The molecule has 0 unspecified atom stereocenters. The highest BCUT2D eigenvalue weighted by molar-refractivity contribution is 6.09. The smallest absolute Gasteiger partial charge is 0.248 e. The molecule has 70 valence electrons. The van der Waals surface area contributed by atoms with Crippen LogP contribution in [-0.4, -0.2) is 23.4 Å². The van der Waals surface area contributed by atoms with E-state index in [0.29, 0.717) is 0 Å². The zero-order valence-electron chi connectivity index (χ0n) is 6.99. The van der Waals surface area contributed by atoms with Crippen LogP contribution >= 0.6 is 0 Å². The Morgan fingerprint density at radius 2 is 1.92 bits per heavy atom. The van der Waals surface area contributed by atoms with E-state index in [0.717, 1.165) is 6.42 Å². The normalized spacial score (nSPS) is 33.5. The molecule has 0 aromatic heterocycles. The Morgan fingerprint density at radius 1 is 1.31 bits per heavy atom. The lowest BCUT2D eigenvalue weighted by atomic mass is 9.85.